The Morgan fingerprint density at radius 2 is 2.11 bits per heavy atom. The highest BCUT2D eigenvalue weighted by atomic mass is 19.2. The van der Waals surface area contributed by atoms with Crippen LogP contribution in [0.3, 0.4) is 0 Å². The summed E-state index contributed by atoms with van der Waals surface area (Å²) in [6.45, 7) is 3.06. The fourth-order valence-electron chi connectivity index (χ4n) is 2.33. The van der Waals surface area contributed by atoms with Crippen LogP contribution in [0, 0.1) is 11.6 Å². The number of ether oxygens (including phenoxy) is 1. The number of nitrogens with two attached hydrogens (primary N) is 1. The van der Waals surface area contributed by atoms with Gasteiger partial charge in [0.2, 0.25) is 0 Å². The van der Waals surface area contributed by atoms with E-state index in [-0.39, 0.29) is 12.6 Å². The quantitative estimate of drug-likeness (QED) is 0.894. The van der Waals surface area contributed by atoms with E-state index in [2.05, 4.69) is 4.90 Å². The number of halogens is 2. The highest BCUT2D eigenvalue weighted by Gasteiger charge is 2.24. The molecule has 1 fully saturated rings. The van der Waals surface area contributed by atoms with Gasteiger partial charge in [-0.3, -0.25) is 4.90 Å². The molecule has 0 bridgehead atoms. The first-order chi connectivity index (χ1) is 8.74. The van der Waals surface area contributed by atoms with Crippen molar-refractivity contribution in [2.75, 3.05) is 32.8 Å². The Labute approximate surface area is 106 Å². The Balaban J connectivity index is 2.23. The van der Waals surface area contributed by atoms with Crippen molar-refractivity contribution >= 4 is 0 Å². The van der Waals surface area contributed by atoms with E-state index in [0.29, 0.717) is 25.3 Å². The second kappa shape index (κ2) is 6.22. The van der Waals surface area contributed by atoms with Crippen molar-refractivity contribution in [2.45, 2.75) is 12.5 Å². The lowest BCUT2D eigenvalue weighted by molar-refractivity contribution is 0.131. The standard InChI is InChI=1S/C13H18F2N2O/c14-11-4-1-3-10(13(11)15)12(9-16)17-5-2-7-18-8-6-17/h1,3-4,12H,2,5-9,16H2. The number of hydrogen-bond donors (Lipinski definition) is 1. The molecule has 0 aromatic heterocycles. The maximum absolute atomic E-state index is 13.8. The molecule has 0 radical (unpaired) electrons. The van der Waals surface area contributed by atoms with Crippen LogP contribution in [0.1, 0.15) is 18.0 Å². The molecule has 1 unspecified atom stereocenters. The van der Waals surface area contributed by atoms with E-state index in [1.54, 1.807) is 6.07 Å². The molecule has 1 atom stereocenters. The Bertz CT molecular complexity index is 393. The summed E-state index contributed by atoms with van der Waals surface area (Å²) in [6, 6.07) is 3.95. The summed E-state index contributed by atoms with van der Waals surface area (Å²) in [5, 5.41) is 0. The normalized spacial score (nSPS) is 19.5. The molecule has 1 aromatic rings. The van der Waals surface area contributed by atoms with Gasteiger partial charge in [0.05, 0.1) is 12.6 Å². The van der Waals surface area contributed by atoms with E-state index >= 15 is 0 Å². The smallest absolute Gasteiger partial charge is 0.163 e. The van der Waals surface area contributed by atoms with E-state index < -0.39 is 11.6 Å². The van der Waals surface area contributed by atoms with Crippen LogP contribution >= 0.6 is 0 Å². The second-order valence-electron chi connectivity index (χ2n) is 4.40. The lowest BCUT2D eigenvalue weighted by Crippen LogP contribution is -2.36. The summed E-state index contributed by atoms with van der Waals surface area (Å²) in [7, 11) is 0. The molecule has 0 spiro atoms. The van der Waals surface area contributed by atoms with Crippen molar-refractivity contribution in [1.82, 2.24) is 4.90 Å². The fraction of sp³-hybridized carbons (Fsp3) is 0.538. The third kappa shape index (κ3) is 2.85. The Morgan fingerprint density at radius 1 is 1.28 bits per heavy atom. The van der Waals surface area contributed by atoms with Crippen LogP contribution in [0.25, 0.3) is 0 Å². The molecule has 18 heavy (non-hydrogen) atoms. The molecule has 0 aliphatic carbocycles. The van der Waals surface area contributed by atoms with E-state index in [1.165, 1.54) is 6.07 Å². The zero-order valence-electron chi connectivity index (χ0n) is 10.2. The van der Waals surface area contributed by atoms with Crippen LogP contribution in [0.5, 0.6) is 0 Å². The van der Waals surface area contributed by atoms with Crippen molar-refractivity contribution in [1.29, 1.82) is 0 Å². The maximum atomic E-state index is 13.8. The van der Waals surface area contributed by atoms with Crippen molar-refractivity contribution in [3.8, 4) is 0 Å². The molecule has 2 rings (SSSR count). The van der Waals surface area contributed by atoms with Gasteiger partial charge in [-0.25, -0.2) is 8.78 Å². The van der Waals surface area contributed by atoms with Gasteiger partial charge in [-0.2, -0.15) is 0 Å². The molecule has 1 aliphatic heterocycles. The van der Waals surface area contributed by atoms with Gasteiger partial charge in [0.25, 0.3) is 0 Å². The molecule has 1 aliphatic rings. The zero-order valence-corrected chi connectivity index (χ0v) is 10.2. The molecule has 0 saturated carbocycles. The number of rotatable bonds is 3. The van der Waals surface area contributed by atoms with Crippen LogP contribution in [-0.2, 0) is 4.74 Å². The van der Waals surface area contributed by atoms with Crippen LogP contribution in [-0.4, -0.2) is 37.7 Å². The lowest BCUT2D eigenvalue weighted by atomic mass is 10.0. The summed E-state index contributed by atoms with van der Waals surface area (Å²) in [6.07, 6.45) is 0.882. The van der Waals surface area contributed by atoms with Crippen LogP contribution in [0.2, 0.25) is 0 Å². The molecular formula is C13H18F2N2O. The predicted molar refractivity (Wildman–Crippen MR) is 65.2 cm³/mol. The molecule has 0 amide bonds. The highest BCUT2D eigenvalue weighted by Crippen LogP contribution is 2.24. The highest BCUT2D eigenvalue weighted by molar-refractivity contribution is 5.23. The van der Waals surface area contributed by atoms with Gasteiger partial charge >= 0.3 is 0 Å². The van der Waals surface area contributed by atoms with Crippen molar-refractivity contribution < 1.29 is 13.5 Å². The van der Waals surface area contributed by atoms with Gasteiger partial charge in [0, 0.05) is 31.8 Å². The maximum Gasteiger partial charge on any atom is 0.163 e. The second-order valence-corrected chi connectivity index (χ2v) is 4.40. The molecular weight excluding hydrogens is 238 g/mol. The average Bonchev–Trinajstić information content (AvgIpc) is 2.64. The first-order valence-electron chi connectivity index (χ1n) is 6.20. The van der Waals surface area contributed by atoms with Crippen LogP contribution in [0.15, 0.2) is 18.2 Å². The third-order valence-corrected chi connectivity index (χ3v) is 3.26. The predicted octanol–water partition coefficient (Wildman–Crippen LogP) is 1.69. The van der Waals surface area contributed by atoms with Gasteiger partial charge in [-0.05, 0) is 12.5 Å². The van der Waals surface area contributed by atoms with E-state index in [9.17, 15) is 8.78 Å². The molecule has 3 nitrogen and oxygen atoms in total. The van der Waals surface area contributed by atoms with E-state index in [1.807, 2.05) is 0 Å². The van der Waals surface area contributed by atoms with Crippen molar-refractivity contribution in [3.05, 3.63) is 35.4 Å². The minimum atomic E-state index is -0.822. The molecule has 1 saturated heterocycles. The fourth-order valence-corrected chi connectivity index (χ4v) is 2.33. The molecule has 1 aromatic carbocycles. The summed E-state index contributed by atoms with van der Waals surface area (Å²) in [5.74, 6) is -1.62. The largest absolute Gasteiger partial charge is 0.380 e. The average molecular weight is 256 g/mol. The number of nitrogens with zero attached hydrogens (tertiary/aromatic N) is 1. The van der Waals surface area contributed by atoms with E-state index in [0.717, 1.165) is 19.0 Å². The van der Waals surface area contributed by atoms with Gasteiger partial charge in [0.1, 0.15) is 0 Å². The summed E-state index contributed by atoms with van der Waals surface area (Å²) < 4.78 is 32.4. The van der Waals surface area contributed by atoms with Gasteiger partial charge in [-0.15, -0.1) is 0 Å². The topological polar surface area (TPSA) is 38.5 Å². The first kappa shape index (κ1) is 13.4. The van der Waals surface area contributed by atoms with Gasteiger partial charge in [-0.1, -0.05) is 12.1 Å². The summed E-state index contributed by atoms with van der Waals surface area (Å²) in [4.78, 5) is 2.06. The molecule has 5 heteroatoms. The lowest BCUT2D eigenvalue weighted by Gasteiger charge is -2.29. The number of benzene rings is 1. The molecule has 2 N–H and O–H groups in total. The molecule has 100 valence electrons. The van der Waals surface area contributed by atoms with Gasteiger partial charge < -0.3 is 10.5 Å². The van der Waals surface area contributed by atoms with Crippen molar-refractivity contribution in [2.24, 2.45) is 5.73 Å². The summed E-state index contributed by atoms with van der Waals surface area (Å²) >= 11 is 0. The minimum Gasteiger partial charge on any atom is -0.380 e. The van der Waals surface area contributed by atoms with Crippen LogP contribution < -0.4 is 5.73 Å². The Morgan fingerprint density at radius 3 is 2.89 bits per heavy atom. The Hall–Kier alpha value is -1.04. The summed E-state index contributed by atoms with van der Waals surface area (Å²) in [5.41, 5.74) is 6.07. The van der Waals surface area contributed by atoms with Crippen molar-refractivity contribution in [3.63, 3.8) is 0 Å². The minimum absolute atomic E-state index is 0.264. The monoisotopic (exact) mass is 256 g/mol. The molecule has 1 heterocycles. The zero-order chi connectivity index (χ0) is 13.0. The van der Waals surface area contributed by atoms with E-state index in [4.69, 9.17) is 10.5 Å². The van der Waals surface area contributed by atoms with Crippen LogP contribution in [0.4, 0.5) is 8.78 Å². The first-order valence-corrected chi connectivity index (χ1v) is 6.20. The van der Waals surface area contributed by atoms with Gasteiger partial charge in [0.15, 0.2) is 11.6 Å². The third-order valence-electron chi connectivity index (χ3n) is 3.26. The SMILES string of the molecule is NCC(c1cccc(F)c1F)N1CCCOCC1. The Kier molecular flexibility index (Phi) is 4.63. The number of hydrogen-bond acceptors (Lipinski definition) is 3.